The Kier molecular flexibility index (Phi) is 3.38. The molecule has 0 unspecified atom stereocenters. The minimum absolute atomic E-state index is 0.213. The Bertz CT molecular complexity index is 1070. The van der Waals surface area contributed by atoms with Crippen LogP contribution in [0.4, 0.5) is 11.5 Å². The molecule has 9 heteroatoms. The molecule has 4 heterocycles. The van der Waals surface area contributed by atoms with E-state index in [4.69, 9.17) is 5.73 Å². The van der Waals surface area contributed by atoms with Gasteiger partial charge in [-0.25, -0.2) is 9.97 Å². The van der Waals surface area contributed by atoms with Crippen molar-refractivity contribution in [3.63, 3.8) is 0 Å². The molecule has 0 spiro atoms. The molecule has 124 valence electrons. The van der Waals surface area contributed by atoms with Crippen LogP contribution < -0.4 is 11.1 Å². The summed E-state index contributed by atoms with van der Waals surface area (Å²) < 4.78 is 1.41. The molecule has 0 atom stereocenters. The van der Waals surface area contributed by atoms with E-state index in [1.807, 2.05) is 13.0 Å². The number of aryl methyl sites for hydroxylation is 1. The lowest BCUT2D eigenvalue weighted by atomic mass is 10.2. The van der Waals surface area contributed by atoms with Gasteiger partial charge >= 0.3 is 0 Å². The quantitative estimate of drug-likeness (QED) is 0.523. The summed E-state index contributed by atoms with van der Waals surface area (Å²) in [5, 5.41) is 14.7. The Morgan fingerprint density at radius 2 is 2.16 bits per heavy atom. The number of carbonyl (C=O) groups is 1. The van der Waals surface area contributed by atoms with Crippen LogP contribution in [-0.4, -0.2) is 35.9 Å². The monoisotopic (exact) mass is 334 g/mol. The van der Waals surface area contributed by atoms with Gasteiger partial charge in [0, 0.05) is 17.3 Å². The lowest BCUT2D eigenvalue weighted by Gasteiger charge is -2.06. The molecule has 0 aliphatic carbocycles. The molecule has 4 aromatic heterocycles. The summed E-state index contributed by atoms with van der Waals surface area (Å²) in [6.45, 7) is 1.89. The number of aromatic nitrogens is 6. The summed E-state index contributed by atoms with van der Waals surface area (Å²) >= 11 is 0. The number of anilines is 2. The molecule has 0 fully saturated rings. The highest BCUT2D eigenvalue weighted by molar-refractivity contribution is 6.07. The highest BCUT2D eigenvalue weighted by Crippen LogP contribution is 2.20. The third kappa shape index (κ3) is 2.57. The molecular weight excluding hydrogens is 320 g/mol. The minimum Gasteiger partial charge on any atom is -0.383 e. The number of nitrogen functional groups attached to an aromatic ring is 1. The molecule has 0 bridgehead atoms. The van der Waals surface area contributed by atoms with Gasteiger partial charge in [-0.05, 0) is 25.1 Å². The Labute approximate surface area is 141 Å². The first-order valence-electron chi connectivity index (χ1n) is 7.50. The number of nitrogens with one attached hydrogen (secondary N) is 2. The van der Waals surface area contributed by atoms with Crippen LogP contribution in [0, 0.1) is 6.92 Å². The van der Waals surface area contributed by atoms with Crippen molar-refractivity contribution in [2.75, 3.05) is 11.1 Å². The first kappa shape index (κ1) is 14.8. The van der Waals surface area contributed by atoms with E-state index in [-0.39, 0.29) is 17.3 Å². The number of carbonyl (C=O) groups excluding carboxylic acids is 1. The maximum Gasteiger partial charge on any atom is 0.261 e. The Morgan fingerprint density at radius 3 is 2.96 bits per heavy atom. The van der Waals surface area contributed by atoms with E-state index in [0.717, 1.165) is 11.1 Å². The molecule has 0 saturated heterocycles. The average Bonchev–Trinajstić information content (AvgIpc) is 3.19. The van der Waals surface area contributed by atoms with Gasteiger partial charge in [0.05, 0.1) is 18.1 Å². The SMILES string of the molecule is Cc1[nH]nc2ncc(NC(=O)c3cnn(-c4ccccn4)c3N)cc12. The molecule has 0 radical (unpaired) electrons. The van der Waals surface area contributed by atoms with Gasteiger partial charge in [0.15, 0.2) is 11.5 Å². The van der Waals surface area contributed by atoms with Crippen molar-refractivity contribution in [2.45, 2.75) is 6.92 Å². The average molecular weight is 334 g/mol. The van der Waals surface area contributed by atoms with Crippen LogP contribution in [0.2, 0.25) is 0 Å². The standard InChI is InChI=1S/C16H14N8O/c1-9-11-6-10(7-19-15(11)23-22-9)21-16(25)12-8-20-24(14(12)17)13-4-2-3-5-18-13/h2-8H,17H2,1H3,(H,21,25)(H,19,22,23). The minimum atomic E-state index is -0.373. The zero-order valence-electron chi connectivity index (χ0n) is 13.3. The molecule has 9 nitrogen and oxygen atoms in total. The maximum absolute atomic E-state index is 12.5. The maximum atomic E-state index is 12.5. The van der Waals surface area contributed by atoms with E-state index in [2.05, 4.69) is 30.6 Å². The number of nitrogens with two attached hydrogens (primary N) is 1. The van der Waals surface area contributed by atoms with Gasteiger partial charge in [-0.1, -0.05) is 6.07 Å². The van der Waals surface area contributed by atoms with Crippen LogP contribution in [0.25, 0.3) is 16.9 Å². The van der Waals surface area contributed by atoms with Crippen LogP contribution in [0.15, 0.2) is 42.9 Å². The molecule has 0 aromatic carbocycles. The third-order valence-electron chi connectivity index (χ3n) is 3.78. The topological polar surface area (TPSA) is 127 Å². The number of pyridine rings is 2. The van der Waals surface area contributed by atoms with Crippen LogP contribution in [0.5, 0.6) is 0 Å². The number of H-pyrrole nitrogens is 1. The van der Waals surface area contributed by atoms with Crippen molar-refractivity contribution in [3.8, 4) is 5.82 Å². The van der Waals surface area contributed by atoms with E-state index in [1.165, 1.54) is 10.9 Å². The molecule has 0 saturated carbocycles. The number of hydrogen-bond donors (Lipinski definition) is 3. The lowest BCUT2D eigenvalue weighted by molar-refractivity contribution is 0.102. The molecule has 25 heavy (non-hydrogen) atoms. The number of aromatic amines is 1. The highest BCUT2D eigenvalue weighted by Gasteiger charge is 2.17. The highest BCUT2D eigenvalue weighted by atomic mass is 16.1. The van der Waals surface area contributed by atoms with E-state index < -0.39 is 0 Å². The Morgan fingerprint density at radius 1 is 1.28 bits per heavy atom. The predicted octanol–water partition coefficient (Wildman–Crippen LogP) is 1.68. The fraction of sp³-hybridized carbons (Fsp3) is 0.0625. The summed E-state index contributed by atoms with van der Waals surface area (Å²) in [6, 6.07) is 7.16. The summed E-state index contributed by atoms with van der Waals surface area (Å²) in [5.74, 6) is 0.378. The summed E-state index contributed by atoms with van der Waals surface area (Å²) in [6.07, 6.45) is 4.58. The van der Waals surface area contributed by atoms with Gasteiger partial charge < -0.3 is 11.1 Å². The first-order valence-corrected chi connectivity index (χ1v) is 7.50. The smallest absolute Gasteiger partial charge is 0.261 e. The molecule has 0 aliphatic rings. The fourth-order valence-corrected chi connectivity index (χ4v) is 2.48. The number of amides is 1. The van der Waals surface area contributed by atoms with Crippen LogP contribution in [0.1, 0.15) is 16.1 Å². The molecule has 4 rings (SSSR count). The van der Waals surface area contributed by atoms with E-state index in [1.54, 1.807) is 30.6 Å². The van der Waals surface area contributed by atoms with E-state index in [0.29, 0.717) is 17.2 Å². The van der Waals surface area contributed by atoms with Crippen LogP contribution in [-0.2, 0) is 0 Å². The molecule has 1 amide bonds. The first-order chi connectivity index (χ1) is 12.1. The number of nitrogens with zero attached hydrogens (tertiary/aromatic N) is 5. The van der Waals surface area contributed by atoms with Crippen LogP contribution in [0.3, 0.4) is 0 Å². The predicted molar refractivity (Wildman–Crippen MR) is 92.4 cm³/mol. The summed E-state index contributed by atoms with van der Waals surface area (Å²) in [4.78, 5) is 20.9. The van der Waals surface area contributed by atoms with Gasteiger partial charge in [-0.3, -0.25) is 9.89 Å². The second kappa shape index (κ2) is 5.71. The molecule has 4 aromatic rings. The fourth-order valence-electron chi connectivity index (χ4n) is 2.48. The number of hydrogen-bond acceptors (Lipinski definition) is 6. The van der Waals surface area contributed by atoms with Crippen molar-refractivity contribution < 1.29 is 4.79 Å². The van der Waals surface area contributed by atoms with Gasteiger partial charge in [0.25, 0.3) is 5.91 Å². The zero-order valence-corrected chi connectivity index (χ0v) is 13.3. The van der Waals surface area contributed by atoms with Gasteiger partial charge in [0.2, 0.25) is 0 Å². The van der Waals surface area contributed by atoms with Crippen molar-refractivity contribution >= 4 is 28.4 Å². The lowest BCUT2D eigenvalue weighted by Crippen LogP contribution is -2.14. The van der Waals surface area contributed by atoms with Crippen molar-refractivity contribution in [1.82, 2.24) is 29.9 Å². The number of fused-ring (bicyclic) bond motifs is 1. The molecular formula is C16H14N8O. The van der Waals surface area contributed by atoms with Crippen molar-refractivity contribution in [1.29, 1.82) is 0 Å². The normalized spacial score (nSPS) is 10.9. The molecule has 0 aliphatic heterocycles. The van der Waals surface area contributed by atoms with Gasteiger partial charge in [0.1, 0.15) is 11.4 Å². The second-order valence-corrected chi connectivity index (χ2v) is 5.44. The third-order valence-corrected chi connectivity index (χ3v) is 3.78. The summed E-state index contributed by atoms with van der Waals surface area (Å²) in [7, 11) is 0. The molecule has 4 N–H and O–H groups in total. The van der Waals surface area contributed by atoms with Gasteiger partial charge in [-0.2, -0.15) is 14.9 Å². The Hall–Kier alpha value is -3.75. The largest absolute Gasteiger partial charge is 0.383 e. The Balaban J connectivity index is 1.62. The van der Waals surface area contributed by atoms with Crippen molar-refractivity contribution in [3.05, 3.63) is 54.1 Å². The van der Waals surface area contributed by atoms with E-state index >= 15 is 0 Å². The summed E-state index contributed by atoms with van der Waals surface area (Å²) in [5.41, 5.74) is 8.34. The number of rotatable bonds is 3. The van der Waals surface area contributed by atoms with Crippen LogP contribution >= 0.6 is 0 Å². The zero-order chi connectivity index (χ0) is 17.4. The second-order valence-electron chi connectivity index (χ2n) is 5.44. The van der Waals surface area contributed by atoms with Gasteiger partial charge in [-0.15, -0.1) is 0 Å². The van der Waals surface area contributed by atoms with Crippen molar-refractivity contribution in [2.24, 2.45) is 0 Å². The van der Waals surface area contributed by atoms with E-state index in [9.17, 15) is 4.79 Å².